The molecule has 0 spiro atoms. The molecule has 1 saturated heterocycles. The van der Waals surface area contributed by atoms with Crippen LogP contribution in [0.5, 0.6) is 0 Å². The molecule has 3 rings (SSSR count). The minimum absolute atomic E-state index is 1.05. The maximum Gasteiger partial charge on any atom is 0.0791 e. The van der Waals surface area contributed by atoms with Gasteiger partial charge in [0.1, 0.15) is 0 Å². The highest BCUT2D eigenvalue weighted by Crippen LogP contribution is 2.18. The molecule has 0 bridgehead atoms. The molecule has 1 fully saturated rings. The summed E-state index contributed by atoms with van der Waals surface area (Å²) in [6, 6.07) is 2.18. The second-order valence-electron chi connectivity index (χ2n) is 5.66. The Morgan fingerprint density at radius 2 is 2.11 bits per heavy atom. The Kier molecular flexibility index (Phi) is 3.62. The number of hydrogen-bond acceptors (Lipinski definition) is 2. The second-order valence-corrected chi connectivity index (χ2v) is 5.66. The Hall–Kier alpha value is -0.930. The number of nitrogens with zero attached hydrogens (tertiary/aromatic N) is 2. The van der Waals surface area contributed by atoms with Gasteiger partial charge in [0.05, 0.1) is 18.8 Å². The third-order valence-corrected chi connectivity index (χ3v) is 4.23. The summed E-state index contributed by atoms with van der Waals surface area (Å²) in [5.74, 6) is 0. The van der Waals surface area contributed by atoms with E-state index < -0.39 is 0 Å². The molecule has 0 radical (unpaired) electrons. The molecule has 0 aliphatic carbocycles. The van der Waals surface area contributed by atoms with E-state index in [0.29, 0.717) is 0 Å². The number of piperidine rings is 1. The Morgan fingerprint density at radius 1 is 1.28 bits per heavy atom. The summed E-state index contributed by atoms with van der Waals surface area (Å²) in [4.78, 5) is 8.58. The lowest BCUT2D eigenvalue weighted by Gasteiger charge is -2.31. The van der Waals surface area contributed by atoms with Crippen LogP contribution < -0.4 is 4.90 Å². The zero-order valence-electron chi connectivity index (χ0n) is 11.1. The third-order valence-electron chi connectivity index (χ3n) is 4.23. The van der Waals surface area contributed by atoms with E-state index in [2.05, 4.69) is 23.0 Å². The molecule has 2 aliphatic rings. The van der Waals surface area contributed by atoms with Gasteiger partial charge in [-0.05, 0) is 37.6 Å². The lowest BCUT2D eigenvalue weighted by atomic mass is 9.98. The number of aromatic nitrogens is 1. The summed E-state index contributed by atoms with van der Waals surface area (Å²) in [6.07, 6.45) is 7.23. The van der Waals surface area contributed by atoms with Crippen LogP contribution in [0.3, 0.4) is 0 Å². The SMILES string of the molecule is [CH2-][NH+]1CCc2c(ccnc2CN2CCCCC2)C1. The molecule has 1 unspecified atom stereocenters. The van der Waals surface area contributed by atoms with Crippen molar-refractivity contribution in [2.24, 2.45) is 0 Å². The molecule has 18 heavy (non-hydrogen) atoms. The van der Waals surface area contributed by atoms with Gasteiger partial charge in [-0.25, -0.2) is 0 Å². The van der Waals surface area contributed by atoms with Crippen molar-refractivity contribution in [3.63, 3.8) is 0 Å². The Bertz CT molecular complexity index is 410. The molecule has 0 amide bonds. The molecule has 0 aromatic carbocycles. The van der Waals surface area contributed by atoms with Gasteiger partial charge in [-0.1, -0.05) is 6.42 Å². The van der Waals surface area contributed by atoms with Crippen molar-refractivity contribution < 1.29 is 4.90 Å². The second kappa shape index (κ2) is 5.37. The van der Waals surface area contributed by atoms with E-state index in [1.807, 2.05) is 6.20 Å². The predicted octanol–water partition coefficient (Wildman–Crippen LogP) is 0.800. The van der Waals surface area contributed by atoms with E-state index in [1.165, 1.54) is 54.1 Å². The third kappa shape index (κ3) is 2.57. The summed E-state index contributed by atoms with van der Waals surface area (Å²) >= 11 is 0. The number of quaternary nitrogens is 1. The van der Waals surface area contributed by atoms with Crippen molar-refractivity contribution >= 4 is 0 Å². The number of rotatable bonds is 2. The van der Waals surface area contributed by atoms with Crippen molar-refractivity contribution in [2.75, 3.05) is 19.6 Å². The fourth-order valence-electron chi connectivity index (χ4n) is 3.18. The molecule has 3 heterocycles. The van der Waals surface area contributed by atoms with E-state index in [-0.39, 0.29) is 0 Å². The zero-order chi connectivity index (χ0) is 12.4. The number of nitrogens with one attached hydrogen (secondary N) is 1. The van der Waals surface area contributed by atoms with Crippen LogP contribution in [0.2, 0.25) is 0 Å². The molecule has 98 valence electrons. The van der Waals surface area contributed by atoms with Crippen molar-refractivity contribution in [3.8, 4) is 0 Å². The van der Waals surface area contributed by atoms with Crippen molar-refractivity contribution in [1.29, 1.82) is 0 Å². The smallest absolute Gasteiger partial charge is 0.0791 e. The van der Waals surface area contributed by atoms with Gasteiger partial charge in [0.15, 0.2) is 0 Å². The molecular weight excluding hydrogens is 222 g/mol. The van der Waals surface area contributed by atoms with Gasteiger partial charge >= 0.3 is 0 Å². The summed E-state index contributed by atoms with van der Waals surface area (Å²) in [6.45, 7) is 5.75. The maximum absolute atomic E-state index is 4.64. The monoisotopic (exact) mass is 245 g/mol. The van der Waals surface area contributed by atoms with Crippen LogP contribution in [0.25, 0.3) is 0 Å². The first-order valence-electron chi connectivity index (χ1n) is 7.17. The van der Waals surface area contributed by atoms with Gasteiger partial charge in [-0.3, -0.25) is 9.88 Å². The highest BCUT2D eigenvalue weighted by molar-refractivity contribution is 5.30. The van der Waals surface area contributed by atoms with Crippen LogP contribution in [0.1, 0.15) is 36.1 Å². The average molecular weight is 245 g/mol. The summed E-state index contributed by atoms with van der Waals surface area (Å²) in [7, 11) is 4.13. The van der Waals surface area contributed by atoms with E-state index in [0.717, 1.165) is 26.1 Å². The lowest BCUT2D eigenvalue weighted by molar-refractivity contribution is -0.870. The van der Waals surface area contributed by atoms with Crippen molar-refractivity contribution in [3.05, 3.63) is 36.1 Å². The number of pyridine rings is 1. The van der Waals surface area contributed by atoms with E-state index >= 15 is 0 Å². The topological polar surface area (TPSA) is 20.6 Å². The van der Waals surface area contributed by atoms with Crippen LogP contribution in [0.15, 0.2) is 12.3 Å². The highest BCUT2D eigenvalue weighted by Gasteiger charge is 2.19. The summed E-state index contributed by atoms with van der Waals surface area (Å²) in [5.41, 5.74) is 4.30. The largest absolute Gasteiger partial charge is 0.464 e. The predicted molar refractivity (Wildman–Crippen MR) is 72.0 cm³/mol. The van der Waals surface area contributed by atoms with Crippen LogP contribution in [0, 0.1) is 7.05 Å². The first kappa shape index (κ1) is 12.1. The zero-order valence-corrected chi connectivity index (χ0v) is 11.1. The average Bonchev–Trinajstić information content (AvgIpc) is 2.40. The van der Waals surface area contributed by atoms with Crippen LogP contribution in [-0.2, 0) is 19.5 Å². The van der Waals surface area contributed by atoms with Gasteiger partial charge in [-0.15, -0.1) is 0 Å². The molecule has 1 N–H and O–H groups in total. The summed E-state index contributed by atoms with van der Waals surface area (Å²) in [5, 5.41) is 0. The van der Waals surface area contributed by atoms with Gasteiger partial charge in [0, 0.05) is 24.7 Å². The maximum atomic E-state index is 4.64. The van der Waals surface area contributed by atoms with Gasteiger partial charge in [-0.2, -0.15) is 7.05 Å². The van der Waals surface area contributed by atoms with Crippen LogP contribution in [0.4, 0.5) is 0 Å². The fourth-order valence-corrected chi connectivity index (χ4v) is 3.18. The quantitative estimate of drug-likeness (QED) is 0.778. The number of hydrogen-bond donors (Lipinski definition) is 1. The molecule has 2 aliphatic heterocycles. The Labute approximate surface area is 110 Å². The molecule has 0 saturated carbocycles. The van der Waals surface area contributed by atoms with Crippen LogP contribution in [-0.4, -0.2) is 29.5 Å². The van der Waals surface area contributed by atoms with Gasteiger partial charge in [0.25, 0.3) is 0 Å². The minimum Gasteiger partial charge on any atom is -0.464 e. The molecule has 3 nitrogen and oxygen atoms in total. The fraction of sp³-hybridized carbons (Fsp3) is 0.600. The Morgan fingerprint density at radius 3 is 2.94 bits per heavy atom. The van der Waals surface area contributed by atoms with E-state index in [9.17, 15) is 0 Å². The first-order chi connectivity index (χ1) is 8.83. The minimum atomic E-state index is 1.05. The first-order valence-corrected chi connectivity index (χ1v) is 7.17. The molecule has 1 atom stereocenters. The standard InChI is InChI=1S/C15H23N3/c1-17-10-6-14-13(11-17)5-7-16-15(14)12-18-8-3-2-4-9-18/h5,7,17H,1-4,6,8-12H2. The molecule has 3 heteroatoms. The van der Waals surface area contributed by atoms with Gasteiger partial charge < -0.3 is 4.90 Å². The molecule has 1 aromatic heterocycles. The summed E-state index contributed by atoms with van der Waals surface area (Å²) < 4.78 is 0. The van der Waals surface area contributed by atoms with Gasteiger partial charge in [0.2, 0.25) is 0 Å². The molecular formula is C15H23N3. The van der Waals surface area contributed by atoms with E-state index in [4.69, 9.17) is 0 Å². The lowest BCUT2D eigenvalue weighted by Crippen LogP contribution is -3.06. The molecule has 1 aromatic rings. The van der Waals surface area contributed by atoms with E-state index in [1.54, 1.807) is 0 Å². The van der Waals surface area contributed by atoms with Crippen LogP contribution >= 0.6 is 0 Å². The highest BCUT2D eigenvalue weighted by atomic mass is 15.1. The number of likely N-dealkylation sites (tertiary alicyclic amines) is 1. The van der Waals surface area contributed by atoms with Crippen molar-refractivity contribution in [1.82, 2.24) is 9.88 Å². The number of fused-ring (bicyclic) bond motifs is 1. The Balaban J connectivity index is 1.77. The normalized spacial score (nSPS) is 24.8. The van der Waals surface area contributed by atoms with Crippen molar-refractivity contribution in [2.45, 2.75) is 38.8 Å².